The molecule has 0 aromatic heterocycles. The van der Waals surface area contributed by atoms with Crippen molar-refractivity contribution in [2.45, 2.75) is 32.4 Å². The molecule has 1 aliphatic rings. The van der Waals surface area contributed by atoms with Gasteiger partial charge in [-0.2, -0.15) is 0 Å². The maximum Gasteiger partial charge on any atom is 0.0535 e. The molecule has 0 spiro atoms. The van der Waals surface area contributed by atoms with Gasteiger partial charge < -0.3 is 11.1 Å². The maximum absolute atomic E-state index is 6.24. The molecule has 3 N–H and O–H groups in total. The lowest BCUT2D eigenvalue weighted by Crippen LogP contribution is -2.11. The highest BCUT2D eigenvalue weighted by Gasteiger charge is 2.28. The molecule has 2 aromatic carbocycles. The summed E-state index contributed by atoms with van der Waals surface area (Å²) in [5.41, 5.74) is 12.5. The molecule has 3 heteroatoms. The van der Waals surface area contributed by atoms with Crippen LogP contribution < -0.4 is 11.1 Å². The van der Waals surface area contributed by atoms with E-state index in [1.165, 1.54) is 27.9 Å². The number of halogens is 1. The van der Waals surface area contributed by atoms with Crippen LogP contribution in [0.3, 0.4) is 0 Å². The van der Waals surface area contributed by atoms with Crippen molar-refractivity contribution in [1.82, 2.24) is 0 Å². The maximum atomic E-state index is 6.24. The largest absolute Gasteiger partial charge is 0.377 e. The Kier molecular flexibility index (Phi) is 3.57. The number of rotatable bonds is 2. The Morgan fingerprint density at radius 1 is 1.15 bits per heavy atom. The molecule has 0 heterocycles. The van der Waals surface area contributed by atoms with Crippen LogP contribution in [0.25, 0.3) is 0 Å². The molecule has 0 radical (unpaired) electrons. The molecule has 2 atom stereocenters. The minimum absolute atomic E-state index is 0.133. The second-order valence-electron chi connectivity index (χ2n) is 5.61. The predicted octanol–water partition coefficient (Wildman–Crippen LogP) is 4.62. The molecule has 0 saturated heterocycles. The molecule has 0 aliphatic heterocycles. The zero-order valence-corrected chi connectivity index (χ0v) is 13.4. The number of hydrogen-bond donors (Lipinski definition) is 2. The van der Waals surface area contributed by atoms with Crippen molar-refractivity contribution in [3.8, 4) is 0 Å². The minimum Gasteiger partial charge on any atom is -0.377 e. The molecule has 3 rings (SSSR count). The van der Waals surface area contributed by atoms with Gasteiger partial charge in [0.2, 0.25) is 0 Å². The van der Waals surface area contributed by atoms with Gasteiger partial charge in [-0.25, -0.2) is 0 Å². The van der Waals surface area contributed by atoms with Crippen molar-refractivity contribution >= 4 is 21.6 Å². The van der Waals surface area contributed by atoms with E-state index in [0.717, 1.165) is 10.9 Å². The summed E-state index contributed by atoms with van der Waals surface area (Å²) in [6, 6.07) is 13.2. The van der Waals surface area contributed by atoms with E-state index in [4.69, 9.17) is 5.73 Å². The SMILES string of the molecule is Cc1cc(C)c(NC2CC(N)c3ccccc32)c(Br)c1. The van der Waals surface area contributed by atoms with Gasteiger partial charge in [0.1, 0.15) is 0 Å². The van der Waals surface area contributed by atoms with Gasteiger partial charge in [-0.1, -0.05) is 30.3 Å². The van der Waals surface area contributed by atoms with Crippen LogP contribution in [0.5, 0.6) is 0 Å². The first-order valence-corrected chi connectivity index (χ1v) is 7.73. The van der Waals surface area contributed by atoms with Gasteiger partial charge in [0.25, 0.3) is 0 Å². The molecule has 0 bridgehead atoms. The van der Waals surface area contributed by atoms with Crippen LogP contribution in [0.1, 0.15) is 40.8 Å². The van der Waals surface area contributed by atoms with E-state index in [0.29, 0.717) is 6.04 Å². The highest BCUT2D eigenvalue weighted by molar-refractivity contribution is 9.10. The second-order valence-corrected chi connectivity index (χ2v) is 6.46. The number of benzene rings is 2. The minimum atomic E-state index is 0.133. The number of aryl methyl sites for hydroxylation is 2. The summed E-state index contributed by atoms with van der Waals surface area (Å²) in [6.45, 7) is 4.25. The molecule has 1 aliphatic carbocycles. The summed E-state index contributed by atoms with van der Waals surface area (Å²) < 4.78 is 1.12. The standard InChI is InChI=1S/C17H19BrN2/c1-10-7-11(2)17(14(18)8-10)20-16-9-15(19)12-5-3-4-6-13(12)16/h3-8,15-16,20H,9,19H2,1-2H3. The van der Waals surface area contributed by atoms with E-state index in [1.807, 2.05) is 0 Å². The number of nitrogens with one attached hydrogen (secondary N) is 1. The molecule has 2 unspecified atom stereocenters. The van der Waals surface area contributed by atoms with Crippen LogP contribution in [0.2, 0.25) is 0 Å². The van der Waals surface area contributed by atoms with Crippen LogP contribution in [0, 0.1) is 13.8 Å². The fraction of sp³-hybridized carbons (Fsp3) is 0.294. The summed E-state index contributed by atoms with van der Waals surface area (Å²) in [5.74, 6) is 0. The highest BCUT2D eigenvalue weighted by Crippen LogP contribution is 2.41. The second kappa shape index (κ2) is 5.23. The molecule has 104 valence electrons. The third kappa shape index (κ3) is 2.36. The fourth-order valence-corrected chi connectivity index (χ4v) is 3.87. The van der Waals surface area contributed by atoms with Gasteiger partial charge in [-0.05, 0) is 64.5 Å². The lowest BCUT2D eigenvalue weighted by molar-refractivity contribution is 0.648. The van der Waals surface area contributed by atoms with E-state index >= 15 is 0 Å². The van der Waals surface area contributed by atoms with Gasteiger partial charge >= 0.3 is 0 Å². The van der Waals surface area contributed by atoms with Gasteiger partial charge in [0.15, 0.2) is 0 Å². The Morgan fingerprint density at radius 2 is 1.85 bits per heavy atom. The highest BCUT2D eigenvalue weighted by atomic mass is 79.9. The average Bonchev–Trinajstić information content (AvgIpc) is 2.71. The van der Waals surface area contributed by atoms with Crippen LogP contribution in [-0.2, 0) is 0 Å². The number of anilines is 1. The van der Waals surface area contributed by atoms with Crippen LogP contribution in [-0.4, -0.2) is 0 Å². The van der Waals surface area contributed by atoms with Gasteiger partial charge in [0.05, 0.1) is 11.7 Å². The quantitative estimate of drug-likeness (QED) is 0.842. The third-order valence-electron chi connectivity index (χ3n) is 4.01. The van der Waals surface area contributed by atoms with Crippen molar-refractivity contribution in [2.24, 2.45) is 5.73 Å². The van der Waals surface area contributed by atoms with E-state index in [1.54, 1.807) is 0 Å². The van der Waals surface area contributed by atoms with Crippen LogP contribution in [0.15, 0.2) is 40.9 Å². The monoisotopic (exact) mass is 330 g/mol. The molecule has 0 fully saturated rings. The van der Waals surface area contributed by atoms with Crippen molar-refractivity contribution in [3.05, 3.63) is 63.1 Å². The predicted molar refractivity (Wildman–Crippen MR) is 88.0 cm³/mol. The zero-order chi connectivity index (χ0) is 14.3. The summed E-state index contributed by atoms with van der Waals surface area (Å²) in [4.78, 5) is 0. The van der Waals surface area contributed by atoms with Crippen LogP contribution in [0.4, 0.5) is 5.69 Å². The zero-order valence-electron chi connectivity index (χ0n) is 11.8. The van der Waals surface area contributed by atoms with E-state index in [9.17, 15) is 0 Å². The summed E-state index contributed by atoms with van der Waals surface area (Å²) in [6.07, 6.45) is 0.944. The Balaban J connectivity index is 1.94. The first-order valence-electron chi connectivity index (χ1n) is 6.94. The van der Waals surface area contributed by atoms with Gasteiger partial charge in [-0.15, -0.1) is 0 Å². The summed E-state index contributed by atoms with van der Waals surface area (Å²) >= 11 is 3.67. The lowest BCUT2D eigenvalue weighted by Gasteiger charge is -2.19. The average molecular weight is 331 g/mol. The van der Waals surface area contributed by atoms with Crippen molar-refractivity contribution in [1.29, 1.82) is 0 Å². The Labute approximate surface area is 128 Å². The molecular formula is C17H19BrN2. The van der Waals surface area contributed by atoms with Crippen molar-refractivity contribution < 1.29 is 0 Å². The lowest BCUT2D eigenvalue weighted by atomic mass is 10.1. The smallest absolute Gasteiger partial charge is 0.0535 e. The van der Waals surface area contributed by atoms with Crippen molar-refractivity contribution in [2.75, 3.05) is 5.32 Å². The molecule has 0 saturated carbocycles. The van der Waals surface area contributed by atoms with Crippen LogP contribution >= 0.6 is 15.9 Å². The molecule has 2 nitrogen and oxygen atoms in total. The number of nitrogens with two attached hydrogens (primary N) is 1. The molecule has 20 heavy (non-hydrogen) atoms. The molecule has 0 amide bonds. The summed E-state index contributed by atoms with van der Waals surface area (Å²) in [7, 11) is 0. The van der Waals surface area contributed by atoms with Crippen molar-refractivity contribution in [3.63, 3.8) is 0 Å². The number of hydrogen-bond acceptors (Lipinski definition) is 2. The Bertz CT molecular complexity index is 628. The topological polar surface area (TPSA) is 38.0 Å². The molecule has 2 aromatic rings. The summed E-state index contributed by atoms with van der Waals surface area (Å²) in [5, 5.41) is 3.66. The fourth-order valence-electron chi connectivity index (χ4n) is 3.08. The first-order chi connectivity index (χ1) is 9.56. The van der Waals surface area contributed by atoms with Gasteiger partial charge in [0, 0.05) is 10.5 Å². The van der Waals surface area contributed by atoms with E-state index < -0.39 is 0 Å². The molecular weight excluding hydrogens is 312 g/mol. The van der Waals surface area contributed by atoms with E-state index in [-0.39, 0.29) is 6.04 Å². The first kappa shape index (κ1) is 13.7. The van der Waals surface area contributed by atoms with E-state index in [2.05, 4.69) is 71.5 Å². The van der Waals surface area contributed by atoms with Gasteiger partial charge in [-0.3, -0.25) is 0 Å². The number of fused-ring (bicyclic) bond motifs is 1. The Morgan fingerprint density at radius 3 is 2.55 bits per heavy atom. The Hall–Kier alpha value is -1.32. The normalized spacial score (nSPS) is 20.8. The third-order valence-corrected chi connectivity index (χ3v) is 4.64.